The highest BCUT2D eigenvalue weighted by Crippen LogP contribution is 2.29. The third-order valence-corrected chi connectivity index (χ3v) is 4.03. The van der Waals surface area contributed by atoms with Crippen LogP contribution in [0.3, 0.4) is 0 Å². The number of hydrogen-bond acceptors (Lipinski definition) is 2. The van der Waals surface area contributed by atoms with Gasteiger partial charge in [-0.1, -0.05) is 39.7 Å². The number of anilines is 2. The van der Waals surface area contributed by atoms with Gasteiger partial charge in [-0.25, -0.2) is 0 Å². The predicted octanol–water partition coefficient (Wildman–Crippen LogP) is 5.34. The molecule has 0 aliphatic heterocycles. The van der Waals surface area contributed by atoms with Gasteiger partial charge in [-0.2, -0.15) is 0 Å². The first-order valence-electron chi connectivity index (χ1n) is 6.46. The van der Waals surface area contributed by atoms with Crippen LogP contribution >= 0.6 is 27.5 Å². The monoisotopic (exact) mass is 352 g/mol. The van der Waals surface area contributed by atoms with Crippen molar-refractivity contribution < 1.29 is 0 Å². The Morgan fingerprint density at radius 1 is 1.10 bits per heavy atom. The molecule has 2 aromatic rings. The molecule has 20 heavy (non-hydrogen) atoms. The van der Waals surface area contributed by atoms with Gasteiger partial charge in [-0.05, 0) is 42.8 Å². The van der Waals surface area contributed by atoms with Crippen molar-refractivity contribution in [3.63, 3.8) is 0 Å². The van der Waals surface area contributed by atoms with Gasteiger partial charge in [-0.15, -0.1) is 0 Å². The summed E-state index contributed by atoms with van der Waals surface area (Å²) in [7, 11) is 4.08. The zero-order valence-electron chi connectivity index (χ0n) is 11.8. The number of halogens is 2. The van der Waals surface area contributed by atoms with Crippen molar-refractivity contribution in [2.75, 3.05) is 24.3 Å². The average molecular weight is 354 g/mol. The zero-order chi connectivity index (χ0) is 14.7. The van der Waals surface area contributed by atoms with E-state index in [-0.39, 0.29) is 6.04 Å². The van der Waals surface area contributed by atoms with Crippen LogP contribution in [0.4, 0.5) is 11.4 Å². The Morgan fingerprint density at radius 2 is 1.75 bits per heavy atom. The molecule has 0 spiro atoms. The van der Waals surface area contributed by atoms with E-state index in [2.05, 4.69) is 57.3 Å². The summed E-state index contributed by atoms with van der Waals surface area (Å²) < 4.78 is 1.01. The molecular formula is C16H18BrClN2. The first kappa shape index (κ1) is 15.2. The topological polar surface area (TPSA) is 15.3 Å². The zero-order valence-corrected chi connectivity index (χ0v) is 14.2. The first-order chi connectivity index (χ1) is 9.47. The van der Waals surface area contributed by atoms with Gasteiger partial charge in [0.2, 0.25) is 0 Å². The van der Waals surface area contributed by atoms with Crippen LogP contribution in [0.2, 0.25) is 5.02 Å². The second-order valence-corrected chi connectivity index (χ2v) is 6.30. The molecule has 1 atom stereocenters. The maximum absolute atomic E-state index is 6.20. The summed E-state index contributed by atoms with van der Waals surface area (Å²) in [5.41, 5.74) is 3.36. The maximum atomic E-state index is 6.20. The highest BCUT2D eigenvalue weighted by Gasteiger charge is 2.08. The Hall–Kier alpha value is -1.19. The molecule has 0 saturated heterocycles. The molecule has 0 amide bonds. The Labute approximate surface area is 133 Å². The van der Waals surface area contributed by atoms with Crippen LogP contribution in [0.5, 0.6) is 0 Å². The van der Waals surface area contributed by atoms with Crippen LogP contribution in [0.15, 0.2) is 46.9 Å². The fourth-order valence-electron chi connectivity index (χ4n) is 1.99. The smallest absolute Gasteiger partial charge is 0.0638 e. The van der Waals surface area contributed by atoms with Crippen molar-refractivity contribution >= 4 is 38.9 Å². The highest BCUT2D eigenvalue weighted by molar-refractivity contribution is 9.10. The van der Waals surface area contributed by atoms with Crippen molar-refractivity contribution in [1.29, 1.82) is 0 Å². The summed E-state index contributed by atoms with van der Waals surface area (Å²) in [6, 6.07) is 14.5. The Bertz CT molecular complexity index is 582. The van der Waals surface area contributed by atoms with Crippen LogP contribution in [-0.2, 0) is 0 Å². The molecule has 1 unspecified atom stereocenters. The largest absolute Gasteiger partial charge is 0.378 e. The molecule has 0 radical (unpaired) electrons. The maximum Gasteiger partial charge on any atom is 0.0638 e. The lowest BCUT2D eigenvalue weighted by Gasteiger charge is -2.19. The highest BCUT2D eigenvalue weighted by atomic mass is 79.9. The van der Waals surface area contributed by atoms with Gasteiger partial charge in [0.1, 0.15) is 0 Å². The molecular weight excluding hydrogens is 336 g/mol. The van der Waals surface area contributed by atoms with E-state index in [1.165, 1.54) is 11.3 Å². The van der Waals surface area contributed by atoms with E-state index in [4.69, 9.17) is 11.6 Å². The number of benzene rings is 2. The second-order valence-electron chi connectivity index (χ2n) is 4.98. The molecule has 2 aromatic carbocycles. The van der Waals surface area contributed by atoms with Crippen LogP contribution in [0.25, 0.3) is 0 Å². The summed E-state index contributed by atoms with van der Waals surface area (Å²) in [6.07, 6.45) is 0. The van der Waals surface area contributed by atoms with E-state index < -0.39 is 0 Å². The Morgan fingerprint density at radius 3 is 2.35 bits per heavy atom. The van der Waals surface area contributed by atoms with Crippen LogP contribution in [-0.4, -0.2) is 14.1 Å². The minimum atomic E-state index is 0.193. The molecule has 4 heteroatoms. The van der Waals surface area contributed by atoms with E-state index in [0.29, 0.717) is 0 Å². The molecule has 0 aliphatic rings. The molecule has 0 heterocycles. The fraction of sp³-hybridized carbons (Fsp3) is 0.250. The SMILES string of the molecule is CC(Nc1cc(Br)ccc1Cl)c1ccc(N(C)C)cc1. The number of rotatable bonds is 4. The third-order valence-electron chi connectivity index (χ3n) is 3.21. The van der Waals surface area contributed by atoms with Crippen molar-refractivity contribution in [1.82, 2.24) is 0 Å². The lowest BCUT2D eigenvalue weighted by atomic mass is 10.1. The third kappa shape index (κ3) is 3.68. The lowest BCUT2D eigenvalue weighted by Crippen LogP contribution is -2.10. The molecule has 0 saturated carbocycles. The van der Waals surface area contributed by atoms with Gasteiger partial charge in [0.25, 0.3) is 0 Å². The number of nitrogens with one attached hydrogen (secondary N) is 1. The lowest BCUT2D eigenvalue weighted by molar-refractivity contribution is 0.884. The summed E-state index contributed by atoms with van der Waals surface area (Å²) >= 11 is 9.67. The van der Waals surface area contributed by atoms with Gasteiger partial charge in [0.15, 0.2) is 0 Å². The molecule has 0 fully saturated rings. The molecule has 106 valence electrons. The van der Waals surface area contributed by atoms with Crippen molar-refractivity contribution in [2.45, 2.75) is 13.0 Å². The quantitative estimate of drug-likeness (QED) is 0.798. The predicted molar refractivity (Wildman–Crippen MR) is 92.0 cm³/mol. The number of hydrogen-bond donors (Lipinski definition) is 1. The Balaban J connectivity index is 2.15. The van der Waals surface area contributed by atoms with E-state index in [9.17, 15) is 0 Å². The van der Waals surface area contributed by atoms with Crippen LogP contribution in [0, 0.1) is 0 Å². The van der Waals surface area contributed by atoms with Crippen LogP contribution < -0.4 is 10.2 Å². The van der Waals surface area contributed by atoms with Gasteiger partial charge < -0.3 is 10.2 Å². The van der Waals surface area contributed by atoms with E-state index in [1.54, 1.807) is 0 Å². The Kier molecular flexibility index (Phi) is 4.95. The van der Waals surface area contributed by atoms with Gasteiger partial charge in [0.05, 0.1) is 10.7 Å². The normalized spacial score (nSPS) is 12.1. The molecule has 1 N–H and O–H groups in total. The van der Waals surface area contributed by atoms with Crippen LogP contribution in [0.1, 0.15) is 18.5 Å². The minimum Gasteiger partial charge on any atom is -0.378 e. The summed E-state index contributed by atoms with van der Waals surface area (Å²) in [5, 5.41) is 4.17. The van der Waals surface area contributed by atoms with Crippen molar-refractivity contribution in [3.8, 4) is 0 Å². The molecule has 0 aromatic heterocycles. The summed E-state index contributed by atoms with van der Waals surface area (Å²) in [5.74, 6) is 0. The number of nitrogens with zero attached hydrogens (tertiary/aromatic N) is 1. The molecule has 0 aliphatic carbocycles. The molecule has 0 bridgehead atoms. The van der Waals surface area contributed by atoms with Crippen molar-refractivity contribution in [2.24, 2.45) is 0 Å². The minimum absolute atomic E-state index is 0.193. The van der Waals surface area contributed by atoms with E-state index in [0.717, 1.165) is 15.2 Å². The van der Waals surface area contributed by atoms with E-state index in [1.807, 2.05) is 32.3 Å². The standard InChI is InChI=1S/C16H18BrClN2/c1-11(12-4-7-14(8-5-12)20(2)3)19-16-10-13(17)6-9-15(16)18/h4-11,19H,1-3H3. The second kappa shape index (κ2) is 6.51. The van der Waals surface area contributed by atoms with Gasteiger partial charge in [0, 0.05) is 30.3 Å². The molecule has 2 rings (SSSR count). The van der Waals surface area contributed by atoms with Crippen molar-refractivity contribution in [3.05, 3.63) is 57.5 Å². The molecule has 2 nitrogen and oxygen atoms in total. The van der Waals surface area contributed by atoms with E-state index >= 15 is 0 Å². The van der Waals surface area contributed by atoms with Gasteiger partial charge in [-0.3, -0.25) is 0 Å². The summed E-state index contributed by atoms with van der Waals surface area (Å²) in [4.78, 5) is 2.09. The average Bonchev–Trinajstić information content (AvgIpc) is 2.43. The first-order valence-corrected chi connectivity index (χ1v) is 7.63. The van der Waals surface area contributed by atoms with Gasteiger partial charge >= 0.3 is 0 Å². The summed E-state index contributed by atoms with van der Waals surface area (Å²) in [6.45, 7) is 2.13. The fourth-order valence-corrected chi connectivity index (χ4v) is 2.52.